The number of sulfonamides is 2. The Kier molecular flexibility index (Phi) is 20.4. The molecule has 23 aromatic rings. The van der Waals surface area contributed by atoms with Crippen molar-refractivity contribution in [2.75, 3.05) is 5.73 Å². The fourth-order valence-electron chi connectivity index (χ4n) is 21.5. The number of nitrogens with two attached hydrogens (primary N) is 3. The smallest absolute Gasteiger partial charge is 0.238 e. The van der Waals surface area contributed by atoms with Gasteiger partial charge in [0.05, 0.1) is 112 Å². The number of hydrogen-bond acceptors (Lipinski definition) is 18. The van der Waals surface area contributed by atoms with Crippen LogP contribution in [0.1, 0.15) is 120 Å². The van der Waals surface area contributed by atoms with Crippen LogP contribution in [0.3, 0.4) is 0 Å². The first-order valence-electron chi connectivity index (χ1n) is 45.5. The SMILES string of the molecule is Brc1cnc2[nH]cc(-c3nc4ccc5[nH]ncc5c4c4c3CCCC4)c2c1.NS(=O)(=O)c1ccc(-c2[nH]c3ccc4nccc4c3c3c2CCCC3)cc1.NS(=O)(=O)c1ccc(-c2nc3ccc4[nH]ncc4c3c3c2CCCC3)cc1.Nc1noc2ccc(-c3nc4ccc5[nH]ncc5c4c4c3CCCC4)cc12.c1cc2cc(-c3nc4ccc5[nH]ncc5c4c4c3CCCC4)cnc2[nH]1. The Bertz CT molecular complexity index is 8770. The lowest BCUT2D eigenvalue weighted by Gasteiger charge is -2.23. The summed E-state index contributed by atoms with van der Waals surface area (Å²) in [6.45, 7) is 0. The number of hydrogen-bond donors (Lipinski definition) is 10. The van der Waals surface area contributed by atoms with Crippen LogP contribution in [0.4, 0.5) is 5.82 Å². The van der Waals surface area contributed by atoms with Gasteiger partial charge in [0.1, 0.15) is 11.3 Å². The van der Waals surface area contributed by atoms with Crippen molar-refractivity contribution in [3.8, 4) is 56.3 Å². The molecule has 0 fully saturated rings. The van der Waals surface area contributed by atoms with Gasteiger partial charge in [0.25, 0.3) is 0 Å². The van der Waals surface area contributed by atoms with E-state index in [1.54, 1.807) is 36.4 Å². The number of aromatic nitrogens is 19. The number of benzene rings is 8. The van der Waals surface area contributed by atoms with E-state index in [9.17, 15) is 16.8 Å². The van der Waals surface area contributed by atoms with Crippen LogP contribution in [0.2, 0.25) is 0 Å². The van der Waals surface area contributed by atoms with Gasteiger partial charge in [-0.15, -0.1) is 0 Å². The first-order chi connectivity index (χ1) is 65.5. The summed E-state index contributed by atoms with van der Waals surface area (Å²) in [5.41, 5.74) is 42.9. The van der Waals surface area contributed by atoms with E-state index in [4.69, 9.17) is 40.5 Å². The molecule has 0 amide bonds. The molecule has 134 heavy (non-hydrogen) atoms. The molecule has 0 bridgehead atoms. The topological polar surface area (TPSA) is 425 Å². The normalized spacial score (nSPS) is 14.4. The van der Waals surface area contributed by atoms with Crippen LogP contribution in [0.15, 0.2) is 226 Å². The van der Waals surface area contributed by atoms with Crippen molar-refractivity contribution in [3.05, 3.63) is 268 Å². The minimum Gasteiger partial charge on any atom is -0.380 e. The van der Waals surface area contributed by atoms with Gasteiger partial charge in [0, 0.05) is 134 Å². The van der Waals surface area contributed by atoms with Gasteiger partial charge < -0.3 is 25.2 Å². The average molecular weight is 1870 g/mol. The number of nitrogens with one attached hydrogen (secondary N) is 7. The second-order valence-corrected chi connectivity index (χ2v) is 39.5. The van der Waals surface area contributed by atoms with Crippen LogP contribution in [0.5, 0.6) is 0 Å². The molecule has 13 N–H and O–H groups in total. The van der Waals surface area contributed by atoms with Crippen LogP contribution in [0, 0.1) is 0 Å². The Hall–Kier alpha value is -14.8. The van der Waals surface area contributed by atoms with Crippen LogP contribution in [0.25, 0.3) is 198 Å². The molecule has 0 atom stereocenters. The molecule has 5 aliphatic rings. The third kappa shape index (κ3) is 14.5. The van der Waals surface area contributed by atoms with E-state index < -0.39 is 20.0 Å². The highest BCUT2D eigenvalue weighted by atomic mass is 79.9. The number of primary sulfonamides is 2. The van der Waals surface area contributed by atoms with Crippen molar-refractivity contribution >= 4 is 184 Å². The van der Waals surface area contributed by atoms with Crippen LogP contribution >= 0.6 is 15.9 Å². The number of fused-ring (bicyclic) bond motifs is 28. The zero-order valence-electron chi connectivity index (χ0n) is 72.6. The maximum atomic E-state index is 11.6. The minimum absolute atomic E-state index is 0.112. The molecule has 15 aromatic heterocycles. The van der Waals surface area contributed by atoms with Crippen LogP contribution in [-0.2, 0) is 84.3 Å². The van der Waals surface area contributed by atoms with Gasteiger partial charge in [-0.05, 0) is 333 Å². The Morgan fingerprint density at radius 3 is 1.28 bits per heavy atom. The number of H-pyrrole nitrogens is 7. The number of anilines is 1. The third-order valence-electron chi connectivity index (χ3n) is 27.7. The molecule has 5 aliphatic carbocycles. The number of aromatic amines is 7. The van der Waals surface area contributed by atoms with E-state index in [1.807, 2.05) is 104 Å². The highest BCUT2D eigenvalue weighted by molar-refractivity contribution is 9.10. The summed E-state index contributed by atoms with van der Waals surface area (Å²) in [7, 11) is -7.39. The summed E-state index contributed by atoms with van der Waals surface area (Å²) >= 11 is 3.55. The highest BCUT2D eigenvalue weighted by Gasteiger charge is 2.30. The summed E-state index contributed by atoms with van der Waals surface area (Å²) in [5, 5.41) is 58.6. The maximum Gasteiger partial charge on any atom is 0.238 e. The van der Waals surface area contributed by atoms with Gasteiger partial charge in [0.2, 0.25) is 20.0 Å². The number of rotatable bonds is 7. The lowest BCUT2D eigenvalue weighted by molar-refractivity contribution is 0.460. The number of aryl methyl sites for hydroxylation is 5. The summed E-state index contributed by atoms with van der Waals surface area (Å²) in [6.07, 6.45) is 39.6. The molecule has 28 rings (SSSR count). The fourth-order valence-corrected chi connectivity index (χ4v) is 22.9. The van der Waals surface area contributed by atoms with Crippen molar-refractivity contribution < 1.29 is 21.4 Å². The molecule has 0 radical (unpaired) electrons. The number of pyridine rings is 7. The van der Waals surface area contributed by atoms with Crippen molar-refractivity contribution in [2.24, 2.45) is 10.3 Å². The Morgan fingerprint density at radius 2 is 0.769 bits per heavy atom. The Morgan fingerprint density at radius 1 is 0.343 bits per heavy atom. The molecule has 662 valence electrons. The molecule has 15 heterocycles. The van der Waals surface area contributed by atoms with E-state index >= 15 is 0 Å². The lowest BCUT2D eigenvalue weighted by atomic mass is 9.85. The molecule has 0 unspecified atom stereocenters. The number of halogens is 1. The number of nitrogen functional groups attached to an aromatic ring is 1. The molecule has 27 nitrogen and oxygen atoms in total. The summed E-state index contributed by atoms with van der Waals surface area (Å²) in [6, 6.07) is 48.6. The molecular formula is C104H87BrN22O5S2. The van der Waals surface area contributed by atoms with Gasteiger partial charge in [-0.3, -0.25) is 25.4 Å². The molecule has 0 aliphatic heterocycles. The van der Waals surface area contributed by atoms with Crippen molar-refractivity contribution in [3.63, 3.8) is 0 Å². The lowest BCUT2D eigenvalue weighted by Crippen LogP contribution is -2.12. The van der Waals surface area contributed by atoms with Gasteiger partial charge in [-0.2, -0.15) is 20.4 Å². The van der Waals surface area contributed by atoms with Crippen molar-refractivity contribution in [1.29, 1.82) is 0 Å². The first-order valence-corrected chi connectivity index (χ1v) is 49.4. The number of nitrogens with zero attached hydrogens (tertiary/aromatic N) is 12. The summed E-state index contributed by atoms with van der Waals surface area (Å²) < 4.78 is 52.4. The third-order valence-corrected chi connectivity index (χ3v) is 30.0. The first kappa shape index (κ1) is 82.3. The van der Waals surface area contributed by atoms with Gasteiger partial charge in [-0.1, -0.05) is 29.4 Å². The van der Waals surface area contributed by atoms with Gasteiger partial charge >= 0.3 is 0 Å². The zero-order valence-corrected chi connectivity index (χ0v) is 75.8. The van der Waals surface area contributed by atoms with Crippen molar-refractivity contribution in [1.82, 2.24) is 95.8 Å². The minimum atomic E-state index is -3.70. The maximum absolute atomic E-state index is 11.6. The predicted octanol–water partition coefficient (Wildman–Crippen LogP) is 21.4. The second kappa shape index (κ2) is 33.2. The zero-order chi connectivity index (χ0) is 90.2. The van der Waals surface area contributed by atoms with Crippen molar-refractivity contribution in [2.45, 2.75) is 138 Å². The molecule has 0 spiro atoms. The monoisotopic (exact) mass is 1870 g/mol. The predicted molar refractivity (Wildman–Crippen MR) is 531 cm³/mol. The second-order valence-electron chi connectivity index (χ2n) is 35.5. The molecule has 0 saturated carbocycles. The van der Waals surface area contributed by atoms with E-state index in [0.29, 0.717) is 11.4 Å². The highest BCUT2D eigenvalue weighted by Crippen LogP contribution is 2.46. The van der Waals surface area contributed by atoms with Gasteiger partial charge in [-0.25, -0.2) is 57.0 Å². The van der Waals surface area contributed by atoms with Crippen LogP contribution in [-0.4, -0.2) is 113 Å². The summed E-state index contributed by atoms with van der Waals surface area (Å²) in [4.78, 5) is 44.1. The van der Waals surface area contributed by atoms with E-state index in [1.165, 1.54) is 144 Å². The fraction of sp³-hybridized carbons (Fsp3) is 0.192. The summed E-state index contributed by atoms with van der Waals surface area (Å²) in [5.74, 6) is 0.418. The van der Waals surface area contributed by atoms with E-state index in [2.05, 4.69) is 159 Å². The van der Waals surface area contributed by atoms with Crippen LogP contribution < -0.4 is 16.0 Å². The standard InChI is InChI=1S/C21H16BrN5.C21H17N5O.C21H17N5.C21H19N3O2S.C20H18N4O2S/c22-11-7-14-15(9-24-21(14)23-8-11)20-13-4-2-1-3-12(13)19-16-10-25-27-17(16)5-6-18(19)26-20;22-21-14-9-11(5-8-18(14)27-26-21)20-13-4-2-1-3-12(13)19-15-10-23-25-16(15)6-7-17(19)24-20;1-2-4-15-14(3-1)19-16-11-24-26-17(16)5-6-18(19)25-20(15)13-9-12-7-8-22-21(12)23-10-13;22-27(25,26)14-7-5-13(6-8-14)21-16-4-2-1-3-15(16)20-17-11-12-23-18(17)9-10-19(20)24-21;21-27(25,26)13-7-5-12(6-8-13)20-15-4-2-1-3-14(15)19-16-11-22-24-17(16)9-10-18(19)23-20/h5-10H,1-4H2,(H,23,24)(H,25,27);5-10H,1-4H2,(H2,22,26)(H,23,25);5-11H,1-4H2,(H,22,23)(H,24,26);5-12,24H,1-4H2,(H2,22,25,26);5-11H,1-4H2,(H,22,24)(H2,21,25,26). The molecule has 0 saturated heterocycles. The molecular weight excluding hydrogens is 1780 g/mol. The molecule has 8 aromatic carbocycles. The largest absolute Gasteiger partial charge is 0.380 e. The quantitative estimate of drug-likeness (QED) is 0.0708. The van der Waals surface area contributed by atoms with E-state index in [0.717, 1.165) is 238 Å². The average Bonchev–Trinajstić information content (AvgIpc) is 1.28. The molecule has 30 heteroatoms. The van der Waals surface area contributed by atoms with E-state index in [-0.39, 0.29) is 9.79 Å². The Labute approximate surface area is 773 Å². The van der Waals surface area contributed by atoms with Gasteiger partial charge in [0.15, 0.2) is 11.4 Å². The Balaban J connectivity index is 0.0000000920.